The Morgan fingerprint density at radius 3 is 2.52 bits per heavy atom. The minimum absolute atomic E-state index is 0.0614. The van der Waals surface area contributed by atoms with E-state index in [1.165, 1.54) is 17.0 Å². The molecule has 1 aliphatic rings. The van der Waals surface area contributed by atoms with Crippen molar-refractivity contribution in [2.75, 3.05) is 18.0 Å². The van der Waals surface area contributed by atoms with Crippen molar-refractivity contribution in [1.82, 2.24) is 4.98 Å². The van der Waals surface area contributed by atoms with Gasteiger partial charge in [0.15, 0.2) is 0 Å². The molecule has 1 fully saturated rings. The lowest BCUT2D eigenvalue weighted by Crippen LogP contribution is -2.58. The second-order valence-corrected chi connectivity index (χ2v) is 5.33. The summed E-state index contributed by atoms with van der Waals surface area (Å²) < 4.78 is 52.5. The van der Waals surface area contributed by atoms with E-state index in [1.54, 1.807) is 24.4 Å². The summed E-state index contributed by atoms with van der Waals surface area (Å²) in [6.07, 6.45) is -2.85. The van der Waals surface area contributed by atoms with Crippen LogP contribution in [0.3, 0.4) is 0 Å². The average molecular weight is 320 g/mol. The Labute approximate surface area is 130 Å². The van der Waals surface area contributed by atoms with Crippen molar-refractivity contribution in [2.24, 2.45) is 0 Å². The first-order valence-corrected chi connectivity index (χ1v) is 6.91. The summed E-state index contributed by atoms with van der Waals surface area (Å²) in [6.45, 7) is -0.123. The highest BCUT2D eigenvalue weighted by Gasteiger charge is 2.43. The van der Waals surface area contributed by atoms with E-state index in [9.17, 15) is 17.6 Å². The molecule has 2 aromatic rings. The third-order valence-electron chi connectivity index (χ3n) is 3.50. The van der Waals surface area contributed by atoms with Gasteiger partial charge in [-0.2, -0.15) is 13.2 Å². The highest BCUT2D eigenvalue weighted by atomic mass is 19.4. The minimum atomic E-state index is -4.41. The van der Waals surface area contributed by atoms with Gasteiger partial charge in [-0.1, -0.05) is 18.1 Å². The second kappa shape index (κ2) is 5.58. The van der Waals surface area contributed by atoms with Gasteiger partial charge < -0.3 is 4.90 Å². The fraction of sp³-hybridized carbons (Fsp3) is 0.235. The van der Waals surface area contributed by atoms with Gasteiger partial charge >= 0.3 is 6.18 Å². The first-order chi connectivity index (χ1) is 10.9. The van der Waals surface area contributed by atoms with Gasteiger partial charge in [0.1, 0.15) is 5.69 Å². The third kappa shape index (κ3) is 3.45. The summed E-state index contributed by atoms with van der Waals surface area (Å²) in [5.41, 5.74) is -1.67. The van der Waals surface area contributed by atoms with E-state index in [0.29, 0.717) is 11.4 Å². The first-order valence-electron chi connectivity index (χ1n) is 6.91. The zero-order chi connectivity index (χ0) is 16.5. The Bertz CT molecular complexity index is 753. The van der Waals surface area contributed by atoms with Crippen LogP contribution in [0.1, 0.15) is 11.3 Å². The van der Waals surface area contributed by atoms with Crippen LogP contribution in [0.25, 0.3) is 0 Å². The molecule has 1 aliphatic heterocycles. The van der Waals surface area contributed by atoms with Crippen LogP contribution < -0.4 is 4.90 Å². The number of anilines is 1. The molecule has 23 heavy (non-hydrogen) atoms. The molecular weight excluding hydrogens is 308 g/mol. The molecule has 3 rings (SSSR count). The topological polar surface area (TPSA) is 16.1 Å². The van der Waals surface area contributed by atoms with Crippen molar-refractivity contribution in [3.8, 4) is 11.8 Å². The van der Waals surface area contributed by atoms with Crippen molar-refractivity contribution < 1.29 is 17.6 Å². The molecule has 0 radical (unpaired) electrons. The average Bonchev–Trinajstić information content (AvgIpc) is 2.51. The molecule has 0 saturated carbocycles. The monoisotopic (exact) mass is 320 g/mol. The number of hydrogen-bond donors (Lipinski definition) is 0. The maximum Gasteiger partial charge on any atom is 0.416 e. The quantitative estimate of drug-likeness (QED) is 0.589. The Morgan fingerprint density at radius 1 is 1.09 bits per heavy atom. The van der Waals surface area contributed by atoms with Crippen molar-refractivity contribution in [1.29, 1.82) is 0 Å². The maximum absolute atomic E-state index is 14.4. The van der Waals surface area contributed by atoms with Crippen molar-refractivity contribution in [3.05, 3.63) is 59.9 Å². The van der Waals surface area contributed by atoms with Gasteiger partial charge in [-0.15, -0.1) is 0 Å². The van der Waals surface area contributed by atoms with Crippen molar-refractivity contribution in [3.63, 3.8) is 0 Å². The van der Waals surface area contributed by atoms with Gasteiger partial charge in [-0.05, 0) is 36.3 Å². The molecule has 1 aromatic carbocycles. The maximum atomic E-state index is 14.4. The number of rotatable bonds is 1. The molecule has 6 heteroatoms. The molecule has 0 amide bonds. The Kier molecular flexibility index (Phi) is 3.72. The molecule has 2 nitrogen and oxygen atoms in total. The Balaban J connectivity index is 1.70. The summed E-state index contributed by atoms with van der Waals surface area (Å²) in [7, 11) is 0. The van der Waals surface area contributed by atoms with Crippen LogP contribution in [0.2, 0.25) is 0 Å². The molecule has 0 N–H and O–H groups in total. The number of alkyl halides is 4. The molecule has 0 aliphatic carbocycles. The van der Waals surface area contributed by atoms with Gasteiger partial charge in [-0.3, -0.25) is 0 Å². The summed E-state index contributed by atoms with van der Waals surface area (Å²) in [4.78, 5) is 5.51. The number of halogens is 4. The van der Waals surface area contributed by atoms with E-state index in [-0.39, 0.29) is 13.1 Å². The predicted molar refractivity (Wildman–Crippen MR) is 78.6 cm³/mol. The smallest absolute Gasteiger partial charge is 0.363 e. The van der Waals surface area contributed by atoms with Gasteiger partial charge in [0.05, 0.1) is 18.7 Å². The first kappa shape index (κ1) is 15.3. The summed E-state index contributed by atoms with van der Waals surface area (Å²) in [5.74, 6) is 5.17. The number of pyridine rings is 1. The molecule has 2 heterocycles. The predicted octanol–water partition coefficient (Wildman–Crippen LogP) is 3.68. The molecule has 0 bridgehead atoms. The second-order valence-electron chi connectivity index (χ2n) is 5.33. The summed E-state index contributed by atoms with van der Waals surface area (Å²) in [6, 6.07) is 10.0. The van der Waals surface area contributed by atoms with Gasteiger partial charge in [0, 0.05) is 11.9 Å². The van der Waals surface area contributed by atoms with E-state index in [0.717, 1.165) is 12.1 Å². The Hall–Kier alpha value is -2.55. The van der Waals surface area contributed by atoms with Crippen LogP contribution in [0.5, 0.6) is 0 Å². The van der Waals surface area contributed by atoms with Crippen LogP contribution in [0.4, 0.5) is 23.2 Å². The normalized spacial score (nSPS) is 16.3. The Morgan fingerprint density at radius 2 is 1.87 bits per heavy atom. The lowest BCUT2D eigenvalue weighted by Gasteiger charge is -2.43. The lowest BCUT2D eigenvalue weighted by atomic mass is 9.95. The molecule has 0 unspecified atom stereocenters. The molecule has 118 valence electrons. The SMILES string of the molecule is FC1(C#Cc2ccccn2)CN(c2cccc(C(F)(F)F)c2)C1. The standard InChI is InChI=1S/C17H12F4N2/c18-16(8-7-14-5-1-2-9-22-14)11-23(12-16)15-6-3-4-13(10-15)17(19,20)21/h1-6,9-10H,11-12H2. The van der Waals surface area contributed by atoms with Crippen molar-refractivity contribution >= 4 is 5.69 Å². The number of hydrogen-bond acceptors (Lipinski definition) is 2. The molecule has 0 atom stereocenters. The van der Waals surface area contributed by atoms with Crippen LogP contribution in [-0.2, 0) is 6.18 Å². The highest BCUT2D eigenvalue weighted by Crippen LogP contribution is 2.35. The minimum Gasteiger partial charge on any atom is -0.363 e. The fourth-order valence-electron chi connectivity index (χ4n) is 2.31. The zero-order valence-electron chi connectivity index (χ0n) is 11.9. The zero-order valence-corrected chi connectivity index (χ0v) is 11.9. The number of nitrogens with zero attached hydrogens (tertiary/aromatic N) is 2. The van der Waals surface area contributed by atoms with Crippen LogP contribution >= 0.6 is 0 Å². The highest BCUT2D eigenvalue weighted by molar-refractivity contribution is 5.55. The summed E-state index contributed by atoms with van der Waals surface area (Å²) >= 11 is 0. The number of aromatic nitrogens is 1. The molecular formula is C17H12F4N2. The van der Waals surface area contributed by atoms with Crippen LogP contribution in [0.15, 0.2) is 48.7 Å². The summed E-state index contributed by atoms with van der Waals surface area (Å²) in [5, 5.41) is 0. The van der Waals surface area contributed by atoms with E-state index in [4.69, 9.17) is 0 Å². The van der Waals surface area contributed by atoms with E-state index in [1.807, 2.05) is 0 Å². The third-order valence-corrected chi connectivity index (χ3v) is 3.50. The van der Waals surface area contributed by atoms with E-state index < -0.39 is 17.4 Å². The van der Waals surface area contributed by atoms with E-state index >= 15 is 0 Å². The van der Waals surface area contributed by atoms with Gasteiger partial charge in [-0.25, -0.2) is 9.37 Å². The largest absolute Gasteiger partial charge is 0.416 e. The van der Waals surface area contributed by atoms with Crippen LogP contribution in [-0.4, -0.2) is 23.7 Å². The molecule has 1 aromatic heterocycles. The van der Waals surface area contributed by atoms with Gasteiger partial charge in [0.25, 0.3) is 0 Å². The molecule has 0 spiro atoms. The van der Waals surface area contributed by atoms with Crippen molar-refractivity contribution in [2.45, 2.75) is 11.8 Å². The number of benzene rings is 1. The van der Waals surface area contributed by atoms with Gasteiger partial charge in [0.2, 0.25) is 5.67 Å². The fourth-order valence-corrected chi connectivity index (χ4v) is 2.31. The lowest BCUT2D eigenvalue weighted by molar-refractivity contribution is -0.137. The van der Waals surface area contributed by atoms with E-state index in [2.05, 4.69) is 16.8 Å². The molecule has 1 saturated heterocycles. The van der Waals surface area contributed by atoms with Crippen LogP contribution in [0, 0.1) is 11.8 Å².